The van der Waals surface area contributed by atoms with Gasteiger partial charge in [-0.25, -0.2) is 0 Å². The van der Waals surface area contributed by atoms with Crippen molar-refractivity contribution >= 4 is 11.9 Å². The number of aliphatic imine (C=N–C) groups is 1. The highest BCUT2D eigenvalue weighted by Crippen LogP contribution is 2.31. The molecule has 1 aliphatic rings. The first-order chi connectivity index (χ1) is 9.36. The number of hydrogen-bond donors (Lipinski definition) is 1. The first-order valence-corrected chi connectivity index (χ1v) is 5.95. The second kappa shape index (κ2) is 5.52. The van der Waals surface area contributed by atoms with Gasteiger partial charge in [-0.05, 0) is 17.7 Å². The molecule has 1 heterocycles. The van der Waals surface area contributed by atoms with Crippen molar-refractivity contribution in [3.63, 3.8) is 0 Å². The minimum atomic E-state index is -4.36. The lowest BCUT2D eigenvalue weighted by Gasteiger charge is -2.13. The van der Waals surface area contributed by atoms with Crippen LogP contribution < -0.4 is 0 Å². The van der Waals surface area contributed by atoms with Crippen LogP contribution in [-0.4, -0.2) is 23.5 Å². The number of carboxylic acids is 1. The van der Waals surface area contributed by atoms with Gasteiger partial charge in [0.1, 0.15) is 6.10 Å². The van der Waals surface area contributed by atoms with Crippen molar-refractivity contribution in [2.45, 2.75) is 25.1 Å². The fraction of sp³-hybridized carbons (Fsp3) is 0.385. The largest absolute Gasteiger partial charge is 0.481 e. The Morgan fingerprint density at radius 3 is 2.55 bits per heavy atom. The predicted octanol–water partition coefficient (Wildman–Crippen LogP) is 3.04. The van der Waals surface area contributed by atoms with E-state index in [4.69, 9.17) is 9.84 Å². The number of nitrogens with zero attached hydrogens (tertiary/aromatic N) is 1. The van der Waals surface area contributed by atoms with E-state index in [-0.39, 0.29) is 12.8 Å². The third-order valence-electron chi connectivity index (χ3n) is 2.87. The quantitative estimate of drug-likeness (QED) is 0.926. The molecular formula is C13H12F3NO3. The zero-order valence-electron chi connectivity index (χ0n) is 10.4. The minimum Gasteiger partial charge on any atom is -0.481 e. The number of carbonyl (C=O) groups is 1. The number of rotatable bonds is 4. The summed E-state index contributed by atoms with van der Waals surface area (Å²) in [6.07, 6.45) is -4.70. The molecule has 0 radical (unpaired) electrons. The summed E-state index contributed by atoms with van der Waals surface area (Å²) in [6, 6.07) is 4.69. The Balaban J connectivity index is 1.96. The van der Waals surface area contributed by atoms with E-state index >= 15 is 0 Å². The monoisotopic (exact) mass is 287 g/mol. The van der Waals surface area contributed by atoms with Crippen molar-refractivity contribution in [1.82, 2.24) is 0 Å². The van der Waals surface area contributed by atoms with Gasteiger partial charge in [-0.3, -0.25) is 9.79 Å². The fourth-order valence-electron chi connectivity index (χ4n) is 1.84. The molecule has 1 atom stereocenters. The number of benzene rings is 1. The van der Waals surface area contributed by atoms with Gasteiger partial charge in [0.05, 0.1) is 18.5 Å². The van der Waals surface area contributed by atoms with Crippen LogP contribution in [0.15, 0.2) is 29.3 Å². The summed E-state index contributed by atoms with van der Waals surface area (Å²) in [6.45, 7) is 0.292. The number of ether oxygens (including phenoxy) is 1. The summed E-state index contributed by atoms with van der Waals surface area (Å²) in [5.74, 6) is -0.619. The maximum Gasteiger partial charge on any atom is 0.416 e. The molecule has 1 aromatic carbocycles. The molecule has 1 unspecified atom stereocenters. The molecule has 4 nitrogen and oxygen atoms in total. The van der Waals surface area contributed by atoms with Gasteiger partial charge < -0.3 is 9.84 Å². The zero-order valence-corrected chi connectivity index (χ0v) is 10.4. The number of carboxylic acid groups (broad SMARTS) is 1. The number of alkyl halides is 3. The summed E-state index contributed by atoms with van der Waals surface area (Å²) in [4.78, 5) is 14.5. The Bertz CT molecular complexity index is 523. The Kier molecular flexibility index (Phi) is 3.96. The first-order valence-electron chi connectivity index (χ1n) is 5.95. The third-order valence-corrected chi connectivity index (χ3v) is 2.87. The van der Waals surface area contributed by atoms with Crippen LogP contribution in [0.2, 0.25) is 0 Å². The summed E-state index contributed by atoms with van der Waals surface area (Å²) in [5, 5.41) is 8.55. The van der Waals surface area contributed by atoms with Gasteiger partial charge in [0.15, 0.2) is 5.90 Å². The Morgan fingerprint density at radius 1 is 1.35 bits per heavy atom. The van der Waals surface area contributed by atoms with Crippen molar-refractivity contribution in [2.24, 2.45) is 4.99 Å². The van der Waals surface area contributed by atoms with Crippen molar-refractivity contribution in [3.05, 3.63) is 35.4 Å². The van der Waals surface area contributed by atoms with Crippen LogP contribution in [0.1, 0.15) is 30.1 Å². The molecule has 20 heavy (non-hydrogen) atoms. The van der Waals surface area contributed by atoms with E-state index in [9.17, 15) is 18.0 Å². The fourth-order valence-corrected chi connectivity index (χ4v) is 1.84. The molecule has 1 aliphatic heterocycles. The third kappa shape index (κ3) is 3.49. The van der Waals surface area contributed by atoms with E-state index in [0.717, 1.165) is 12.1 Å². The average Bonchev–Trinajstić information content (AvgIpc) is 2.84. The van der Waals surface area contributed by atoms with Crippen molar-refractivity contribution in [3.8, 4) is 0 Å². The van der Waals surface area contributed by atoms with Gasteiger partial charge in [0, 0.05) is 6.42 Å². The Labute approximate surface area is 112 Å². The van der Waals surface area contributed by atoms with Gasteiger partial charge >= 0.3 is 12.1 Å². The van der Waals surface area contributed by atoms with E-state index in [1.807, 2.05) is 0 Å². The van der Waals surface area contributed by atoms with Gasteiger partial charge in [0.25, 0.3) is 0 Å². The molecule has 0 aliphatic carbocycles. The normalized spacial score (nSPS) is 18.6. The maximum atomic E-state index is 12.4. The van der Waals surface area contributed by atoms with Gasteiger partial charge in [0.2, 0.25) is 0 Å². The molecule has 108 valence electrons. The number of hydrogen-bond acceptors (Lipinski definition) is 3. The first kappa shape index (κ1) is 14.4. The molecular weight excluding hydrogens is 275 g/mol. The summed E-state index contributed by atoms with van der Waals surface area (Å²) in [7, 11) is 0. The van der Waals surface area contributed by atoms with Crippen LogP contribution in [-0.2, 0) is 15.7 Å². The summed E-state index contributed by atoms with van der Waals surface area (Å²) >= 11 is 0. The highest BCUT2D eigenvalue weighted by Gasteiger charge is 2.30. The van der Waals surface area contributed by atoms with E-state index in [1.165, 1.54) is 12.1 Å². The molecule has 1 N–H and O–H groups in total. The molecule has 0 aromatic heterocycles. The average molecular weight is 287 g/mol. The SMILES string of the molecule is O=C(O)CCC1=NCC(c2ccc(C(F)(F)F)cc2)O1. The van der Waals surface area contributed by atoms with Gasteiger partial charge in [-0.2, -0.15) is 13.2 Å². The lowest BCUT2D eigenvalue weighted by atomic mass is 10.1. The lowest BCUT2D eigenvalue weighted by Crippen LogP contribution is -2.08. The number of aliphatic carboxylic acids is 1. The van der Waals surface area contributed by atoms with Crippen LogP contribution >= 0.6 is 0 Å². The highest BCUT2D eigenvalue weighted by molar-refractivity contribution is 5.81. The van der Waals surface area contributed by atoms with E-state index < -0.39 is 23.8 Å². The van der Waals surface area contributed by atoms with E-state index in [2.05, 4.69) is 4.99 Å². The molecule has 0 spiro atoms. The van der Waals surface area contributed by atoms with Crippen LogP contribution in [0.25, 0.3) is 0 Å². The summed E-state index contributed by atoms with van der Waals surface area (Å²) < 4.78 is 42.7. The molecule has 1 aromatic rings. The van der Waals surface area contributed by atoms with E-state index in [0.29, 0.717) is 18.0 Å². The molecule has 2 rings (SSSR count). The van der Waals surface area contributed by atoms with Crippen molar-refractivity contribution in [1.29, 1.82) is 0 Å². The second-order valence-corrected chi connectivity index (χ2v) is 4.35. The molecule has 0 saturated carbocycles. The molecule has 0 amide bonds. The maximum absolute atomic E-state index is 12.4. The smallest absolute Gasteiger partial charge is 0.416 e. The van der Waals surface area contributed by atoms with Gasteiger partial charge in [-0.1, -0.05) is 12.1 Å². The standard InChI is InChI=1S/C13H12F3NO3/c14-13(15,16)9-3-1-8(2-4-9)10-7-17-11(20-10)5-6-12(18)19/h1-4,10H,5-7H2,(H,18,19). The van der Waals surface area contributed by atoms with E-state index in [1.54, 1.807) is 0 Å². The minimum absolute atomic E-state index is 0.0848. The second-order valence-electron chi connectivity index (χ2n) is 4.35. The van der Waals surface area contributed by atoms with Crippen molar-refractivity contribution < 1.29 is 27.8 Å². The molecule has 7 heteroatoms. The Morgan fingerprint density at radius 2 is 2.00 bits per heavy atom. The molecule has 0 fully saturated rings. The predicted molar refractivity (Wildman–Crippen MR) is 64.4 cm³/mol. The lowest BCUT2D eigenvalue weighted by molar-refractivity contribution is -0.138. The highest BCUT2D eigenvalue weighted by atomic mass is 19.4. The topological polar surface area (TPSA) is 58.9 Å². The van der Waals surface area contributed by atoms with Crippen LogP contribution in [0.3, 0.4) is 0 Å². The number of halogens is 3. The molecule has 0 bridgehead atoms. The molecule has 0 saturated heterocycles. The zero-order chi connectivity index (χ0) is 14.8. The van der Waals surface area contributed by atoms with Crippen LogP contribution in [0.5, 0.6) is 0 Å². The van der Waals surface area contributed by atoms with Gasteiger partial charge in [-0.15, -0.1) is 0 Å². The Hall–Kier alpha value is -2.05. The van der Waals surface area contributed by atoms with Crippen LogP contribution in [0.4, 0.5) is 13.2 Å². The van der Waals surface area contributed by atoms with Crippen molar-refractivity contribution in [2.75, 3.05) is 6.54 Å². The summed E-state index contributed by atoms with van der Waals surface area (Å²) in [5.41, 5.74) is -0.127. The van der Waals surface area contributed by atoms with Crippen LogP contribution in [0, 0.1) is 0 Å².